The van der Waals surface area contributed by atoms with E-state index in [-0.39, 0.29) is 6.61 Å². The zero-order valence-electron chi connectivity index (χ0n) is 9.80. The molecular formula is C11H18N4O. The normalized spacial score (nSPS) is 20.8. The number of nitrogens with zero attached hydrogens (tertiary/aromatic N) is 4. The summed E-state index contributed by atoms with van der Waals surface area (Å²) in [6.45, 7) is 1.98. The molecule has 5 heteroatoms. The molecule has 0 aliphatic carbocycles. The summed E-state index contributed by atoms with van der Waals surface area (Å²) in [7, 11) is 4.21. The van der Waals surface area contributed by atoms with Crippen molar-refractivity contribution < 1.29 is 5.11 Å². The Morgan fingerprint density at radius 3 is 2.75 bits per heavy atom. The molecule has 1 aliphatic heterocycles. The van der Waals surface area contributed by atoms with Gasteiger partial charge in [-0.3, -0.25) is 4.98 Å². The quantitative estimate of drug-likeness (QED) is 0.786. The maximum atomic E-state index is 8.89. The molecule has 0 bridgehead atoms. The van der Waals surface area contributed by atoms with Gasteiger partial charge in [0.2, 0.25) is 0 Å². The Labute approximate surface area is 95.7 Å². The number of likely N-dealkylation sites (N-methyl/N-ethyl adjacent to an activating group) is 1. The Hall–Kier alpha value is -1.20. The van der Waals surface area contributed by atoms with Gasteiger partial charge < -0.3 is 14.9 Å². The van der Waals surface area contributed by atoms with Gasteiger partial charge in [-0.2, -0.15) is 0 Å². The molecule has 0 radical (unpaired) electrons. The maximum Gasteiger partial charge on any atom is 0.147 e. The van der Waals surface area contributed by atoms with Crippen molar-refractivity contribution in [2.75, 3.05) is 32.1 Å². The zero-order valence-corrected chi connectivity index (χ0v) is 9.80. The molecule has 1 saturated heterocycles. The van der Waals surface area contributed by atoms with E-state index in [1.807, 2.05) is 0 Å². The van der Waals surface area contributed by atoms with Crippen LogP contribution >= 0.6 is 0 Å². The number of anilines is 1. The fourth-order valence-corrected chi connectivity index (χ4v) is 1.96. The molecule has 0 spiro atoms. The minimum Gasteiger partial charge on any atom is -0.390 e. The molecule has 1 N–H and O–H groups in total. The molecule has 1 fully saturated rings. The summed E-state index contributed by atoms with van der Waals surface area (Å²) in [5, 5.41) is 8.89. The second-order valence-corrected chi connectivity index (χ2v) is 4.38. The highest BCUT2D eigenvalue weighted by Crippen LogP contribution is 2.19. The van der Waals surface area contributed by atoms with Gasteiger partial charge in [-0.15, -0.1) is 0 Å². The summed E-state index contributed by atoms with van der Waals surface area (Å²) in [5.74, 6) is 0.904. The molecule has 1 atom stereocenters. The van der Waals surface area contributed by atoms with Crippen molar-refractivity contribution in [3.05, 3.63) is 18.1 Å². The van der Waals surface area contributed by atoms with Crippen molar-refractivity contribution in [3.8, 4) is 0 Å². The van der Waals surface area contributed by atoms with Crippen LogP contribution in [0, 0.1) is 0 Å². The Kier molecular flexibility index (Phi) is 3.36. The van der Waals surface area contributed by atoms with Crippen LogP contribution in [0.15, 0.2) is 12.4 Å². The number of aliphatic hydroxyl groups excluding tert-OH is 1. The van der Waals surface area contributed by atoms with Crippen molar-refractivity contribution in [3.63, 3.8) is 0 Å². The molecule has 0 amide bonds. The van der Waals surface area contributed by atoms with Crippen LogP contribution < -0.4 is 4.90 Å². The van der Waals surface area contributed by atoms with Crippen molar-refractivity contribution >= 4 is 5.82 Å². The number of hydrogen-bond donors (Lipinski definition) is 1. The van der Waals surface area contributed by atoms with Gasteiger partial charge >= 0.3 is 0 Å². The maximum absolute atomic E-state index is 8.89. The average molecular weight is 222 g/mol. The lowest BCUT2D eigenvalue weighted by Crippen LogP contribution is -2.31. The van der Waals surface area contributed by atoms with Gasteiger partial charge in [-0.25, -0.2) is 4.98 Å². The van der Waals surface area contributed by atoms with E-state index >= 15 is 0 Å². The predicted molar refractivity (Wildman–Crippen MR) is 62.3 cm³/mol. The molecule has 1 aromatic heterocycles. The summed E-state index contributed by atoms with van der Waals surface area (Å²) < 4.78 is 0. The van der Waals surface area contributed by atoms with Gasteiger partial charge in [0.05, 0.1) is 24.7 Å². The summed E-state index contributed by atoms with van der Waals surface area (Å²) in [4.78, 5) is 12.9. The smallest absolute Gasteiger partial charge is 0.147 e. The van der Waals surface area contributed by atoms with E-state index < -0.39 is 0 Å². The van der Waals surface area contributed by atoms with Crippen LogP contribution in [-0.2, 0) is 6.61 Å². The molecule has 5 nitrogen and oxygen atoms in total. The van der Waals surface area contributed by atoms with Crippen LogP contribution in [-0.4, -0.2) is 53.2 Å². The van der Waals surface area contributed by atoms with Crippen molar-refractivity contribution in [1.82, 2.24) is 14.9 Å². The van der Waals surface area contributed by atoms with E-state index in [9.17, 15) is 0 Å². The van der Waals surface area contributed by atoms with Gasteiger partial charge in [0.25, 0.3) is 0 Å². The van der Waals surface area contributed by atoms with Gasteiger partial charge in [0.15, 0.2) is 0 Å². The first-order valence-corrected chi connectivity index (χ1v) is 5.54. The van der Waals surface area contributed by atoms with Crippen molar-refractivity contribution in [2.24, 2.45) is 0 Å². The molecule has 0 saturated carbocycles. The summed E-state index contributed by atoms with van der Waals surface area (Å²) in [6.07, 6.45) is 4.54. The lowest BCUT2D eigenvalue weighted by molar-refractivity contribution is 0.276. The van der Waals surface area contributed by atoms with E-state index in [1.165, 1.54) is 0 Å². The van der Waals surface area contributed by atoms with E-state index in [4.69, 9.17) is 5.11 Å². The molecule has 2 rings (SSSR count). The van der Waals surface area contributed by atoms with Gasteiger partial charge in [-0.05, 0) is 20.5 Å². The van der Waals surface area contributed by atoms with Crippen LogP contribution in [0.2, 0.25) is 0 Å². The molecule has 0 aromatic carbocycles. The molecule has 16 heavy (non-hydrogen) atoms. The van der Waals surface area contributed by atoms with Crippen LogP contribution in [0.1, 0.15) is 12.1 Å². The molecular weight excluding hydrogens is 204 g/mol. The van der Waals surface area contributed by atoms with Crippen LogP contribution in [0.5, 0.6) is 0 Å². The lowest BCUT2D eigenvalue weighted by Gasteiger charge is -2.20. The minimum atomic E-state index is -0.0480. The first-order valence-electron chi connectivity index (χ1n) is 5.54. The third-order valence-corrected chi connectivity index (χ3v) is 3.07. The van der Waals surface area contributed by atoms with Crippen LogP contribution in [0.25, 0.3) is 0 Å². The van der Waals surface area contributed by atoms with E-state index in [1.54, 1.807) is 12.4 Å². The molecule has 1 aromatic rings. The van der Waals surface area contributed by atoms with Crippen LogP contribution in [0.3, 0.4) is 0 Å². The highest BCUT2D eigenvalue weighted by molar-refractivity contribution is 5.37. The Balaban J connectivity index is 2.03. The Morgan fingerprint density at radius 2 is 2.25 bits per heavy atom. The highest BCUT2D eigenvalue weighted by Gasteiger charge is 2.24. The number of aromatic nitrogens is 2. The van der Waals surface area contributed by atoms with Gasteiger partial charge in [-0.1, -0.05) is 0 Å². The SMILES string of the molecule is CN(C)C1CCN(c2cnc(CO)cn2)C1. The second kappa shape index (κ2) is 4.76. The third kappa shape index (κ3) is 2.31. The molecule has 88 valence electrons. The zero-order chi connectivity index (χ0) is 11.5. The summed E-state index contributed by atoms with van der Waals surface area (Å²) in [6, 6.07) is 0.597. The van der Waals surface area contributed by atoms with Crippen molar-refractivity contribution in [1.29, 1.82) is 0 Å². The van der Waals surface area contributed by atoms with Gasteiger partial charge in [0, 0.05) is 19.1 Å². The molecule has 1 aliphatic rings. The third-order valence-electron chi connectivity index (χ3n) is 3.07. The second-order valence-electron chi connectivity index (χ2n) is 4.38. The standard InChI is InChI=1S/C11H18N4O/c1-14(2)10-3-4-15(7-10)11-6-12-9(8-16)5-13-11/h5-6,10,16H,3-4,7-8H2,1-2H3. The predicted octanol–water partition coefficient (Wildman–Crippen LogP) is 0.109. The summed E-state index contributed by atoms with van der Waals surface area (Å²) in [5.41, 5.74) is 0.618. The topological polar surface area (TPSA) is 52.5 Å². The Bertz CT molecular complexity index is 338. The van der Waals surface area contributed by atoms with Crippen molar-refractivity contribution in [2.45, 2.75) is 19.1 Å². The first-order chi connectivity index (χ1) is 7.70. The van der Waals surface area contributed by atoms with Gasteiger partial charge in [0.1, 0.15) is 5.82 Å². The summed E-state index contributed by atoms with van der Waals surface area (Å²) >= 11 is 0. The molecule has 1 unspecified atom stereocenters. The lowest BCUT2D eigenvalue weighted by atomic mass is 10.2. The van der Waals surface area contributed by atoms with E-state index in [0.29, 0.717) is 11.7 Å². The fourth-order valence-electron chi connectivity index (χ4n) is 1.96. The Morgan fingerprint density at radius 1 is 1.44 bits per heavy atom. The highest BCUT2D eigenvalue weighted by atomic mass is 16.3. The monoisotopic (exact) mass is 222 g/mol. The number of rotatable bonds is 3. The average Bonchev–Trinajstić information content (AvgIpc) is 2.78. The van der Waals surface area contributed by atoms with Crippen LogP contribution in [0.4, 0.5) is 5.82 Å². The molecule has 2 heterocycles. The minimum absolute atomic E-state index is 0.0480. The first kappa shape index (κ1) is 11.3. The number of aliphatic hydroxyl groups is 1. The van der Waals surface area contributed by atoms with E-state index in [0.717, 1.165) is 25.3 Å². The van der Waals surface area contributed by atoms with E-state index in [2.05, 4.69) is 33.9 Å². The number of hydrogen-bond acceptors (Lipinski definition) is 5. The largest absolute Gasteiger partial charge is 0.390 e. The fraction of sp³-hybridized carbons (Fsp3) is 0.636.